The molecule has 0 aliphatic rings. The van der Waals surface area contributed by atoms with E-state index in [2.05, 4.69) is 4.98 Å². The Labute approximate surface area is 69.9 Å². The molecule has 66 valence electrons. The minimum atomic E-state index is -0.352. The summed E-state index contributed by atoms with van der Waals surface area (Å²) in [5, 5.41) is 0. The Balaban J connectivity index is 3.63. The molecule has 0 spiro atoms. The largest absolute Gasteiger partial charge is 0.328 e. The molecule has 0 unspecified atom stereocenters. The molecule has 1 aromatic rings. The number of H-pyrrole nitrogens is 1. The summed E-state index contributed by atoms with van der Waals surface area (Å²) < 4.78 is 1.09. The Kier molecular flexibility index (Phi) is 2.17. The summed E-state index contributed by atoms with van der Waals surface area (Å²) in [6.07, 6.45) is 0.648. The highest BCUT2D eigenvalue weighted by molar-refractivity contribution is 5.14. The molecule has 0 aliphatic heterocycles. The monoisotopic (exact) mass is 168 g/mol. The first-order valence-corrected chi connectivity index (χ1v) is 3.86. The summed E-state index contributed by atoms with van der Waals surface area (Å²) in [6, 6.07) is 0. The number of aromatic nitrogens is 2. The molecular weight excluding hydrogens is 156 g/mol. The molecule has 0 fully saturated rings. The second-order valence-corrected chi connectivity index (χ2v) is 2.75. The van der Waals surface area contributed by atoms with E-state index in [0.717, 1.165) is 4.57 Å². The van der Waals surface area contributed by atoms with Crippen LogP contribution in [-0.4, -0.2) is 9.55 Å². The van der Waals surface area contributed by atoms with Crippen LogP contribution < -0.4 is 11.2 Å². The number of hydrogen-bond acceptors (Lipinski definition) is 2. The van der Waals surface area contributed by atoms with Crippen molar-refractivity contribution >= 4 is 0 Å². The van der Waals surface area contributed by atoms with Gasteiger partial charge in [0.05, 0.1) is 0 Å². The molecule has 4 nitrogen and oxygen atoms in total. The lowest BCUT2D eigenvalue weighted by atomic mass is 10.2. The van der Waals surface area contributed by atoms with Crippen LogP contribution in [0.2, 0.25) is 0 Å². The second kappa shape index (κ2) is 2.97. The highest BCUT2D eigenvalue weighted by Crippen LogP contribution is 1.94. The number of nitrogens with one attached hydrogen (secondary N) is 1. The molecule has 12 heavy (non-hydrogen) atoms. The zero-order valence-corrected chi connectivity index (χ0v) is 7.47. The van der Waals surface area contributed by atoms with E-state index in [-0.39, 0.29) is 11.2 Å². The SMILES string of the molecule is CCc1c(C)[nH]c(=O)n(C)c1=O. The third-order valence-corrected chi connectivity index (χ3v) is 1.97. The maximum Gasteiger partial charge on any atom is 0.328 e. The van der Waals surface area contributed by atoms with Crippen molar-refractivity contribution in [3.05, 3.63) is 32.1 Å². The predicted molar refractivity (Wildman–Crippen MR) is 46.4 cm³/mol. The van der Waals surface area contributed by atoms with E-state index in [1.54, 1.807) is 6.92 Å². The third kappa shape index (κ3) is 1.20. The van der Waals surface area contributed by atoms with E-state index in [0.29, 0.717) is 17.7 Å². The van der Waals surface area contributed by atoms with Crippen LogP contribution in [0, 0.1) is 6.92 Å². The average Bonchev–Trinajstić information content (AvgIpc) is 2.01. The number of nitrogens with zero attached hydrogens (tertiary/aromatic N) is 1. The van der Waals surface area contributed by atoms with Gasteiger partial charge in [-0.1, -0.05) is 6.92 Å². The Morgan fingerprint density at radius 2 is 2.00 bits per heavy atom. The lowest BCUT2D eigenvalue weighted by molar-refractivity contribution is 0.742. The Bertz CT molecular complexity index is 400. The van der Waals surface area contributed by atoms with Crippen molar-refractivity contribution in [3.63, 3.8) is 0 Å². The maximum absolute atomic E-state index is 11.4. The van der Waals surface area contributed by atoms with Gasteiger partial charge in [0.15, 0.2) is 0 Å². The summed E-state index contributed by atoms with van der Waals surface area (Å²) in [5.41, 5.74) is 0.802. The van der Waals surface area contributed by atoms with Gasteiger partial charge in [-0.25, -0.2) is 4.79 Å². The molecular formula is C8H12N2O2. The summed E-state index contributed by atoms with van der Waals surface area (Å²) >= 11 is 0. The molecule has 1 heterocycles. The number of rotatable bonds is 1. The molecule has 0 amide bonds. The molecule has 0 aliphatic carbocycles. The Hall–Kier alpha value is -1.32. The number of aryl methyl sites for hydroxylation is 1. The second-order valence-electron chi connectivity index (χ2n) is 2.75. The average molecular weight is 168 g/mol. The van der Waals surface area contributed by atoms with E-state index in [1.807, 2.05) is 6.92 Å². The van der Waals surface area contributed by atoms with Crippen molar-refractivity contribution in [2.75, 3.05) is 0 Å². The minimum absolute atomic E-state index is 0.196. The van der Waals surface area contributed by atoms with Crippen molar-refractivity contribution in [1.29, 1.82) is 0 Å². The highest BCUT2D eigenvalue weighted by atomic mass is 16.2. The van der Waals surface area contributed by atoms with E-state index in [9.17, 15) is 9.59 Å². The van der Waals surface area contributed by atoms with E-state index < -0.39 is 0 Å². The van der Waals surface area contributed by atoms with Crippen LogP contribution >= 0.6 is 0 Å². The Morgan fingerprint density at radius 3 is 2.50 bits per heavy atom. The summed E-state index contributed by atoms with van der Waals surface area (Å²) in [4.78, 5) is 25.0. The predicted octanol–water partition coefficient (Wildman–Crippen LogP) is -0.0556. The lowest BCUT2D eigenvalue weighted by Crippen LogP contribution is -2.35. The van der Waals surface area contributed by atoms with Gasteiger partial charge < -0.3 is 4.98 Å². The van der Waals surface area contributed by atoms with Gasteiger partial charge in [0.1, 0.15) is 0 Å². The number of aromatic amines is 1. The summed E-state index contributed by atoms with van der Waals surface area (Å²) in [7, 11) is 1.47. The van der Waals surface area contributed by atoms with E-state index >= 15 is 0 Å². The Morgan fingerprint density at radius 1 is 1.42 bits per heavy atom. The van der Waals surface area contributed by atoms with Gasteiger partial charge in [-0.15, -0.1) is 0 Å². The third-order valence-electron chi connectivity index (χ3n) is 1.97. The smallest absolute Gasteiger partial charge is 0.311 e. The van der Waals surface area contributed by atoms with Crippen LogP contribution in [0.15, 0.2) is 9.59 Å². The molecule has 0 saturated heterocycles. The molecule has 1 rings (SSSR count). The van der Waals surface area contributed by atoms with E-state index in [4.69, 9.17) is 0 Å². The molecule has 1 aromatic heterocycles. The zero-order chi connectivity index (χ0) is 9.30. The molecule has 0 radical (unpaired) electrons. The molecule has 4 heteroatoms. The van der Waals surface area contributed by atoms with Gasteiger partial charge >= 0.3 is 5.69 Å². The van der Waals surface area contributed by atoms with Crippen LogP contribution in [0.5, 0.6) is 0 Å². The molecule has 0 atom stereocenters. The zero-order valence-electron chi connectivity index (χ0n) is 7.47. The maximum atomic E-state index is 11.4. The molecule has 0 saturated carbocycles. The quantitative estimate of drug-likeness (QED) is 0.639. The van der Waals surface area contributed by atoms with Crippen LogP contribution in [0.25, 0.3) is 0 Å². The van der Waals surface area contributed by atoms with Crippen LogP contribution in [0.4, 0.5) is 0 Å². The fourth-order valence-electron chi connectivity index (χ4n) is 1.19. The molecule has 0 aromatic carbocycles. The van der Waals surface area contributed by atoms with Gasteiger partial charge in [0, 0.05) is 18.3 Å². The van der Waals surface area contributed by atoms with Crippen molar-refractivity contribution in [2.45, 2.75) is 20.3 Å². The first-order chi connectivity index (χ1) is 5.57. The summed E-state index contributed by atoms with van der Waals surface area (Å²) in [6.45, 7) is 3.63. The normalized spacial score (nSPS) is 10.2. The van der Waals surface area contributed by atoms with Gasteiger partial charge in [-0.05, 0) is 13.3 Å². The topological polar surface area (TPSA) is 54.9 Å². The van der Waals surface area contributed by atoms with Crippen LogP contribution in [0.3, 0.4) is 0 Å². The fraction of sp³-hybridized carbons (Fsp3) is 0.500. The van der Waals surface area contributed by atoms with Crippen molar-refractivity contribution < 1.29 is 0 Å². The fourth-order valence-corrected chi connectivity index (χ4v) is 1.19. The van der Waals surface area contributed by atoms with Crippen LogP contribution in [-0.2, 0) is 13.5 Å². The van der Waals surface area contributed by atoms with Crippen molar-refractivity contribution in [3.8, 4) is 0 Å². The lowest BCUT2D eigenvalue weighted by Gasteiger charge is -2.03. The highest BCUT2D eigenvalue weighted by Gasteiger charge is 2.05. The van der Waals surface area contributed by atoms with Gasteiger partial charge in [-0.3, -0.25) is 9.36 Å². The number of hydrogen-bond donors (Lipinski definition) is 1. The van der Waals surface area contributed by atoms with E-state index in [1.165, 1.54) is 7.05 Å². The summed E-state index contributed by atoms with van der Waals surface area (Å²) in [5.74, 6) is 0. The van der Waals surface area contributed by atoms with Crippen molar-refractivity contribution in [2.24, 2.45) is 7.05 Å². The first-order valence-electron chi connectivity index (χ1n) is 3.86. The molecule has 0 bridgehead atoms. The molecule has 1 N–H and O–H groups in total. The first kappa shape index (κ1) is 8.77. The van der Waals surface area contributed by atoms with Gasteiger partial charge in [0.25, 0.3) is 5.56 Å². The van der Waals surface area contributed by atoms with Gasteiger partial charge in [0.2, 0.25) is 0 Å². The van der Waals surface area contributed by atoms with Crippen molar-refractivity contribution in [1.82, 2.24) is 9.55 Å². The van der Waals surface area contributed by atoms with Gasteiger partial charge in [-0.2, -0.15) is 0 Å². The standard InChI is InChI=1S/C8H12N2O2/c1-4-6-5(2)9-8(12)10(3)7(6)11/h4H2,1-3H3,(H,9,12). The minimum Gasteiger partial charge on any atom is -0.311 e. The van der Waals surface area contributed by atoms with Crippen LogP contribution in [0.1, 0.15) is 18.2 Å².